The van der Waals surface area contributed by atoms with E-state index in [4.69, 9.17) is 21.0 Å². The molecule has 29 heavy (non-hydrogen) atoms. The van der Waals surface area contributed by atoms with Gasteiger partial charge in [0, 0.05) is 16.8 Å². The molecule has 0 aromatic heterocycles. The van der Waals surface area contributed by atoms with Crippen molar-refractivity contribution in [3.05, 3.63) is 65.2 Å². The molecule has 1 unspecified atom stereocenters. The first-order chi connectivity index (χ1) is 13.4. The fourth-order valence-corrected chi connectivity index (χ4v) is 2.84. The highest BCUT2D eigenvalue weighted by Gasteiger charge is 2.26. The lowest BCUT2D eigenvalue weighted by molar-refractivity contribution is -0.138. The number of nitrogen functional groups attached to an aromatic ring is 1. The van der Waals surface area contributed by atoms with Crippen LogP contribution < -0.4 is 15.8 Å². The topological polar surface area (TPSA) is 129 Å². The van der Waals surface area contributed by atoms with Gasteiger partial charge in [-0.2, -0.15) is 0 Å². The fourth-order valence-electron chi connectivity index (χ4n) is 2.84. The molecule has 6 N–H and O–H groups in total. The molecule has 2 rings (SSSR count). The normalized spacial score (nSPS) is 11.1. The van der Waals surface area contributed by atoms with Crippen LogP contribution in [0.25, 0.3) is 6.08 Å². The summed E-state index contributed by atoms with van der Waals surface area (Å²) in [6.07, 6.45) is 2.29. The molecule has 0 bridgehead atoms. The van der Waals surface area contributed by atoms with Crippen LogP contribution in [-0.4, -0.2) is 35.2 Å². The number of carboxylic acid groups (broad SMARTS) is 1. The van der Waals surface area contributed by atoms with Gasteiger partial charge in [-0.05, 0) is 53.9 Å². The van der Waals surface area contributed by atoms with Gasteiger partial charge in [-0.1, -0.05) is 19.6 Å². The van der Waals surface area contributed by atoms with Gasteiger partial charge >= 0.3 is 5.97 Å². The third-order valence-corrected chi connectivity index (χ3v) is 4.24. The summed E-state index contributed by atoms with van der Waals surface area (Å²) in [4.78, 5) is 12.1. The third kappa shape index (κ3) is 5.97. The van der Waals surface area contributed by atoms with Crippen LogP contribution in [0.5, 0.6) is 5.75 Å². The number of nitrogens with one attached hydrogen (secondary N) is 2. The number of halogens is 1. The number of rotatable bonds is 10. The van der Waals surface area contributed by atoms with Gasteiger partial charge in [-0.25, -0.2) is 4.79 Å². The number of carbonyl (C=O) groups is 1. The number of carboxylic acids is 1. The molecule has 2 aromatic carbocycles. The predicted molar refractivity (Wildman–Crippen MR) is 117 cm³/mol. The molecule has 2 aromatic rings. The molecule has 0 aliphatic rings. The Morgan fingerprint density at radius 1 is 1.34 bits per heavy atom. The smallest absolute Gasteiger partial charge is 0.330 e. The average molecular weight is 420 g/mol. The van der Waals surface area contributed by atoms with Crippen LogP contribution in [0.15, 0.2) is 43.0 Å². The minimum absolute atomic E-state index is 0. The highest BCUT2D eigenvalue weighted by molar-refractivity contribution is 5.95. The number of benzene rings is 2. The molecule has 0 saturated carbocycles. The highest BCUT2D eigenvalue weighted by Crippen LogP contribution is 2.34. The molecule has 0 aliphatic heterocycles. The van der Waals surface area contributed by atoms with Crippen LogP contribution >= 0.6 is 12.4 Å². The first kappa shape index (κ1) is 24.0. The quantitative estimate of drug-likeness (QED) is 0.297. The zero-order valence-corrected chi connectivity index (χ0v) is 17.0. The lowest BCUT2D eigenvalue weighted by Crippen LogP contribution is -2.22. The van der Waals surface area contributed by atoms with Gasteiger partial charge in [0.2, 0.25) is 0 Å². The van der Waals surface area contributed by atoms with E-state index in [-0.39, 0.29) is 31.5 Å². The Labute approximate surface area is 176 Å². The van der Waals surface area contributed by atoms with E-state index in [1.807, 2.05) is 13.0 Å². The Morgan fingerprint density at radius 3 is 2.48 bits per heavy atom. The molecule has 0 amide bonds. The predicted octanol–water partition coefficient (Wildman–Crippen LogP) is 3.21. The Kier molecular flexibility index (Phi) is 9.18. The van der Waals surface area contributed by atoms with Crippen LogP contribution in [0.3, 0.4) is 0 Å². The summed E-state index contributed by atoms with van der Waals surface area (Å²) in [7, 11) is 0. The van der Waals surface area contributed by atoms with Gasteiger partial charge in [0.05, 0.1) is 6.61 Å². The summed E-state index contributed by atoms with van der Waals surface area (Å²) in [6.45, 7) is 5.60. The Balaban J connectivity index is 0.00000420. The summed E-state index contributed by atoms with van der Waals surface area (Å²) in [6, 6.07) is 9.15. The summed E-state index contributed by atoms with van der Waals surface area (Å²) in [5.74, 6) is -0.692. The number of aliphatic hydroxyl groups is 1. The number of aliphatic carboxylic acids is 1. The molecule has 0 radical (unpaired) electrons. The summed E-state index contributed by atoms with van der Waals surface area (Å²) in [5, 5.41) is 29.4. The molecule has 8 heteroatoms. The first-order valence-electron chi connectivity index (χ1n) is 8.88. The average Bonchev–Trinajstić information content (AvgIpc) is 2.70. The standard InChI is InChI=1S/C21H25N3O4.ClH/c1-3-13-11-14(4-2)19(28-10-9-25)17(12-13)18(21(26)27)24-16-7-5-15(6-8-16)20(22)23;/h3,5-8,11-12,18,24-25H,1,4,9-10H2,2H3,(H3,22,23)(H,26,27);1H. The van der Waals surface area contributed by atoms with E-state index in [2.05, 4.69) is 11.9 Å². The maximum Gasteiger partial charge on any atom is 0.330 e. The van der Waals surface area contributed by atoms with Crippen molar-refractivity contribution in [3.8, 4) is 5.75 Å². The lowest BCUT2D eigenvalue weighted by atomic mass is 9.96. The number of nitrogens with two attached hydrogens (primary N) is 1. The van der Waals surface area contributed by atoms with Gasteiger partial charge in [0.1, 0.15) is 18.2 Å². The number of ether oxygens (including phenoxy) is 1. The summed E-state index contributed by atoms with van der Waals surface area (Å²) >= 11 is 0. The molecular weight excluding hydrogens is 394 g/mol. The van der Waals surface area contributed by atoms with Crippen LogP contribution in [-0.2, 0) is 11.2 Å². The SMILES string of the molecule is C=Cc1cc(CC)c(OCCO)c(C(Nc2ccc(C(=N)N)cc2)C(=O)O)c1.Cl. The molecule has 0 fully saturated rings. The monoisotopic (exact) mass is 419 g/mol. The van der Waals surface area contributed by atoms with Crippen molar-refractivity contribution in [2.75, 3.05) is 18.5 Å². The van der Waals surface area contributed by atoms with Crippen LogP contribution in [0.1, 0.15) is 35.2 Å². The minimum atomic E-state index is -1.08. The van der Waals surface area contributed by atoms with Gasteiger partial charge in [0.25, 0.3) is 0 Å². The van der Waals surface area contributed by atoms with Gasteiger partial charge in [0.15, 0.2) is 6.04 Å². The first-order valence-corrected chi connectivity index (χ1v) is 8.88. The van der Waals surface area contributed by atoms with Crippen molar-refractivity contribution in [1.29, 1.82) is 5.41 Å². The van der Waals surface area contributed by atoms with Crippen molar-refractivity contribution in [2.45, 2.75) is 19.4 Å². The van der Waals surface area contributed by atoms with E-state index in [0.29, 0.717) is 29.0 Å². The Bertz CT molecular complexity index is 869. The number of anilines is 1. The zero-order valence-electron chi connectivity index (χ0n) is 16.1. The number of aliphatic hydroxyl groups excluding tert-OH is 1. The third-order valence-electron chi connectivity index (χ3n) is 4.24. The second-order valence-electron chi connectivity index (χ2n) is 6.13. The molecule has 0 spiro atoms. The molecular formula is C21H26ClN3O4. The van der Waals surface area contributed by atoms with Crippen LogP contribution in [0, 0.1) is 5.41 Å². The maximum atomic E-state index is 12.1. The van der Waals surface area contributed by atoms with Crippen LogP contribution in [0.2, 0.25) is 0 Å². The second-order valence-corrected chi connectivity index (χ2v) is 6.13. The van der Waals surface area contributed by atoms with E-state index in [1.54, 1.807) is 36.4 Å². The lowest BCUT2D eigenvalue weighted by Gasteiger charge is -2.22. The Morgan fingerprint density at radius 2 is 2.00 bits per heavy atom. The van der Waals surface area contributed by atoms with Gasteiger partial charge < -0.3 is 26.0 Å². The zero-order chi connectivity index (χ0) is 20.7. The molecule has 7 nitrogen and oxygen atoms in total. The van der Waals surface area contributed by atoms with Crippen molar-refractivity contribution in [1.82, 2.24) is 0 Å². The van der Waals surface area contributed by atoms with E-state index in [1.165, 1.54) is 0 Å². The second kappa shape index (κ2) is 11.1. The largest absolute Gasteiger partial charge is 0.491 e. The van der Waals surface area contributed by atoms with Crippen molar-refractivity contribution >= 4 is 36.0 Å². The Hall–Kier alpha value is -3.03. The van der Waals surface area contributed by atoms with Crippen molar-refractivity contribution in [2.24, 2.45) is 5.73 Å². The van der Waals surface area contributed by atoms with E-state index in [9.17, 15) is 9.90 Å². The maximum absolute atomic E-state index is 12.1. The molecule has 0 saturated heterocycles. The number of amidine groups is 1. The highest BCUT2D eigenvalue weighted by atomic mass is 35.5. The number of hydrogen-bond acceptors (Lipinski definition) is 5. The molecule has 0 heterocycles. The summed E-state index contributed by atoms with van der Waals surface area (Å²) in [5.41, 5.74) is 8.63. The van der Waals surface area contributed by atoms with Gasteiger partial charge in [-0.3, -0.25) is 5.41 Å². The van der Waals surface area contributed by atoms with E-state index >= 15 is 0 Å². The molecule has 0 aliphatic carbocycles. The number of hydrogen-bond donors (Lipinski definition) is 5. The van der Waals surface area contributed by atoms with E-state index in [0.717, 1.165) is 11.1 Å². The van der Waals surface area contributed by atoms with Crippen LogP contribution in [0.4, 0.5) is 5.69 Å². The van der Waals surface area contributed by atoms with Crippen molar-refractivity contribution in [3.63, 3.8) is 0 Å². The van der Waals surface area contributed by atoms with E-state index < -0.39 is 12.0 Å². The number of aryl methyl sites for hydroxylation is 1. The van der Waals surface area contributed by atoms with Crippen molar-refractivity contribution < 1.29 is 19.7 Å². The van der Waals surface area contributed by atoms with Gasteiger partial charge in [-0.15, -0.1) is 12.4 Å². The molecule has 1 atom stereocenters. The fraction of sp³-hybridized carbons (Fsp3) is 0.238. The minimum Gasteiger partial charge on any atom is -0.491 e. The molecule has 156 valence electrons. The summed E-state index contributed by atoms with van der Waals surface area (Å²) < 4.78 is 5.69.